The summed E-state index contributed by atoms with van der Waals surface area (Å²) in [6.45, 7) is 2.76. The van der Waals surface area contributed by atoms with Crippen LogP contribution in [0.2, 0.25) is 0 Å². The van der Waals surface area contributed by atoms with Gasteiger partial charge < -0.3 is 20.6 Å². The number of nitrogens with zero attached hydrogens (tertiary/aromatic N) is 1. The average molecular weight is 367 g/mol. The van der Waals surface area contributed by atoms with Crippen LogP contribution in [0.15, 0.2) is 0 Å². The molecule has 0 saturated carbocycles. The Morgan fingerprint density at radius 2 is 1.80 bits per heavy atom. The molecular weight excluding hydrogens is 343 g/mol. The SMILES string of the molecule is CCCC(C)C(=O)NCCNC(=O)N1C[C@@H](C(F)(F)F)[C@H](C(=O)O)C1. The Labute approximate surface area is 143 Å². The summed E-state index contributed by atoms with van der Waals surface area (Å²) in [5, 5.41) is 13.9. The molecule has 3 atom stereocenters. The third-order valence-electron chi connectivity index (χ3n) is 4.21. The van der Waals surface area contributed by atoms with Crippen molar-refractivity contribution in [2.24, 2.45) is 17.8 Å². The van der Waals surface area contributed by atoms with Gasteiger partial charge in [0, 0.05) is 32.1 Å². The summed E-state index contributed by atoms with van der Waals surface area (Å²) in [7, 11) is 0. The third-order valence-corrected chi connectivity index (χ3v) is 4.21. The van der Waals surface area contributed by atoms with E-state index in [1.54, 1.807) is 6.92 Å². The van der Waals surface area contributed by atoms with E-state index < -0.39 is 43.1 Å². The molecule has 0 aliphatic carbocycles. The smallest absolute Gasteiger partial charge is 0.394 e. The number of alkyl halides is 3. The van der Waals surface area contributed by atoms with Crippen LogP contribution >= 0.6 is 0 Å². The molecule has 1 rings (SSSR count). The van der Waals surface area contributed by atoms with Gasteiger partial charge in [-0.3, -0.25) is 9.59 Å². The lowest BCUT2D eigenvalue weighted by molar-refractivity contribution is -0.187. The number of nitrogens with one attached hydrogen (secondary N) is 2. The maximum Gasteiger partial charge on any atom is 0.394 e. The second-order valence-corrected chi connectivity index (χ2v) is 6.21. The normalized spacial score (nSPS) is 21.7. The van der Waals surface area contributed by atoms with E-state index in [1.165, 1.54) is 0 Å². The van der Waals surface area contributed by atoms with Gasteiger partial charge >= 0.3 is 18.2 Å². The number of urea groups is 1. The van der Waals surface area contributed by atoms with Crippen LogP contribution in [0.3, 0.4) is 0 Å². The summed E-state index contributed by atoms with van der Waals surface area (Å²) in [4.78, 5) is 35.4. The number of aliphatic carboxylic acids is 1. The van der Waals surface area contributed by atoms with E-state index in [9.17, 15) is 27.6 Å². The number of halogens is 3. The third kappa shape index (κ3) is 6.09. The maximum absolute atomic E-state index is 12.9. The molecule has 144 valence electrons. The van der Waals surface area contributed by atoms with Crippen molar-refractivity contribution in [3.63, 3.8) is 0 Å². The minimum absolute atomic E-state index is 0.0499. The molecule has 0 spiro atoms. The molecule has 10 heteroatoms. The van der Waals surface area contributed by atoms with Crippen LogP contribution in [0.4, 0.5) is 18.0 Å². The van der Waals surface area contributed by atoms with Crippen molar-refractivity contribution >= 4 is 17.9 Å². The number of carbonyl (C=O) groups excluding carboxylic acids is 2. The van der Waals surface area contributed by atoms with Crippen LogP contribution in [-0.2, 0) is 9.59 Å². The monoisotopic (exact) mass is 367 g/mol. The topological polar surface area (TPSA) is 98.7 Å². The zero-order valence-corrected chi connectivity index (χ0v) is 14.2. The molecule has 1 saturated heterocycles. The summed E-state index contributed by atoms with van der Waals surface area (Å²) in [6, 6.07) is -0.770. The van der Waals surface area contributed by atoms with Crippen molar-refractivity contribution < 1.29 is 32.7 Å². The zero-order chi connectivity index (χ0) is 19.2. The lowest BCUT2D eigenvalue weighted by atomic mass is 9.96. The summed E-state index contributed by atoms with van der Waals surface area (Å²) in [5.74, 6) is -5.62. The Kier molecular flexibility index (Phi) is 7.50. The van der Waals surface area contributed by atoms with Crippen molar-refractivity contribution in [2.75, 3.05) is 26.2 Å². The Balaban J connectivity index is 2.43. The second kappa shape index (κ2) is 8.91. The van der Waals surface area contributed by atoms with Gasteiger partial charge in [0.15, 0.2) is 0 Å². The molecule has 3 N–H and O–H groups in total. The minimum Gasteiger partial charge on any atom is -0.481 e. The Morgan fingerprint density at radius 3 is 2.28 bits per heavy atom. The lowest BCUT2D eigenvalue weighted by Gasteiger charge is -2.19. The van der Waals surface area contributed by atoms with Crippen molar-refractivity contribution in [3.8, 4) is 0 Å². The van der Waals surface area contributed by atoms with Gasteiger partial charge in [-0.05, 0) is 6.42 Å². The fourth-order valence-electron chi connectivity index (χ4n) is 2.76. The van der Waals surface area contributed by atoms with Crippen LogP contribution in [0.5, 0.6) is 0 Å². The predicted molar refractivity (Wildman–Crippen MR) is 82.7 cm³/mol. The first-order valence-electron chi connectivity index (χ1n) is 8.17. The highest BCUT2D eigenvalue weighted by Crippen LogP contribution is 2.37. The first-order chi connectivity index (χ1) is 11.6. The van der Waals surface area contributed by atoms with Crippen LogP contribution < -0.4 is 10.6 Å². The van der Waals surface area contributed by atoms with Gasteiger partial charge in [-0.15, -0.1) is 0 Å². The molecule has 7 nitrogen and oxygen atoms in total. The highest BCUT2D eigenvalue weighted by atomic mass is 19.4. The van der Waals surface area contributed by atoms with Gasteiger partial charge in [-0.25, -0.2) is 4.79 Å². The Bertz CT molecular complexity index is 499. The molecule has 3 amide bonds. The largest absolute Gasteiger partial charge is 0.481 e. The van der Waals surface area contributed by atoms with Crippen molar-refractivity contribution in [3.05, 3.63) is 0 Å². The number of amides is 3. The van der Waals surface area contributed by atoms with Gasteiger partial charge in [0.1, 0.15) is 0 Å². The van der Waals surface area contributed by atoms with Crippen LogP contribution in [-0.4, -0.2) is 60.3 Å². The second-order valence-electron chi connectivity index (χ2n) is 6.21. The number of carbonyl (C=O) groups is 3. The van der Waals surface area contributed by atoms with E-state index in [2.05, 4.69) is 10.6 Å². The van der Waals surface area contributed by atoms with E-state index >= 15 is 0 Å². The number of carboxylic acid groups (broad SMARTS) is 1. The molecule has 0 aromatic carbocycles. The molecular formula is C15H24F3N3O4. The lowest BCUT2D eigenvalue weighted by Crippen LogP contribution is -2.43. The molecule has 0 radical (unpaired) electrons. The van der Waals surface area contributed by atoms with E-state index in [-0.39, 0.29) is 24.9 Å². The van der Waals surface area contributed by atoms with Gasteiger partial charge in [0.25, 0.3) is 0 Å². The summed E-state index contributed by atoms with van der Waals surface area (Å²) < 4.78 is 38.6. The number of hydrogen-bond acceptors (Lipinski definition) is 3. The summed E-state index contributed by atoms with van der Waals surface area (Å²) in [5.41, 5.74) is 0. The Morgan fingerprint density at radius 1 is 1.20 bits per heavy atom. The Hall–Kier alpha value is -2.00. The first-order valence-corrected chi connectivity index (χ1v) is 8.17. The van der Waals surface area contributed by atoms with Gasteiger partial charge in [0.05, 0.1) is 11.8 Å². The highest BCUT2D eigenvalue weighted by molar-refractivity contribution is 5.79. The minimum atomic E-state index is -4.68. The zero-order valence-electron chi connectivity index (χ0n) is 14.2. The maximum atomic E-state index is 12.9. The summed E-state index contributed by atoms with van der Waals surface area (Å²) >= 11 is 0. The van der Waals surface area contributed by atoms with Crippen molar-refractivity contribution in [1.29, 1.82) is 0 Å². The van der Waals surface area contributed by atoms with Crippen molar-refractivity contribution in [1.82, 2.24) is 15.5 Å². The molecule has 1 heterocycles. The molecule has 0 aromatic rings. The van der Waals surface area contributed by atoms with Crippen LogP contribution in [0.1, 0.15) is 26.7 Å². The molecule has 1 aliphatic heterocycles. The number of likely N-dealkylation sites (tertiary alicyclic amines) is 1. The average Bonchev–Trinajstić information content (AvgIpc) is 2.97. The van der Waals surface area contributed by atoms with E-state index in [4.69, 9.17) is 5.11 Å². The standard InChI is InChI=1S/C15H24F3N3O4/c1-3-4-9(2)12(22)19-5-6-20-14(25)21-7-10(13(23)24)11(8-21)15(16,17)18/h9-11H,3-8H2,1-2H3,(H,19,22)(H,20,25)(H,23,24)/t9?,10-,11-/m1/s1. The van der Waals surface area contributed by atoms with Crippen LogP contribution in [0, 0.1) is 17.8 Å². The van der Waals surface area contributed by atoms with Crippen LogP contribution in [0.25, 0.3) is 0 Å². The van der Waals surface area contributed by atoms with E-state index in [0.29, 0.717) is 0 Å². The molecule has 1 aliphatic rings. The fourth-order valence-corrected chi connectivity index (χ4v) is 2.76. The van der Waals surface area contributed by atoms with Crippen molar-refractivity contribution in [2.45, 2.75) is 32.9 Å². The van der Waals surface area contributed by atoms with Gasteiger partial charge in [-0.1, -0.05) is 20.3 Å². The first kappa shape index (κ1) is 21.0. The molecule has 0 bridgehead atoms. The van der Waals surface area contributed by atoms with E-state index in [0.717, 1.165) is 17.7 Å². The molecule has 1 fully saturated rings. The fraction of sp³-hybridized carbons (Fsp3) is 0.800. The quantitative estimate of drug-likeness (QED) is 0.593. The number of rotatable bonds is 7. The number of hydrogen-bond donors (Lipinski definition) is 3. The highest BCUT2D eigenvalue weighted by Gasteiger charge is 2.53. The van der Waals surface area contributed by atoms with Gasteiger partial charge in [-0.2, -0.15) is 13.2 Å². The van der Waals surface area contributed by atoms with Gasteiger partial charge in [0.2, 0.25) is 5.91 Å². The molecule has 0 aromatic heterocycles. The number of carboxylic acids is 1. The van der Waals surface area contributed by atoms with E-state index in [1.807, 2.05) is 6.92 Å². The molecule has 25 heavy (non-hydrogen) atoms. The molecule has 1 unspecified atom stereocenters. The predicted octanol–water partition coefficient (Wildman–Crippen LogP) is 1.44. The summed E-state index contributed by atoms with van der Waals surface area (Å²) in [6.07, 6.45) is -3.08.